The molecule has 0 aliphatic carbocycles. The largest absolute Gasteiger partial charge is 0.573 e. The highest BCUT2D eigenvalue weighted by atomic mass is 19.4. The molecule has 4 nitrogen and oxygen atoms in total. The van der Waals surface area contributed by atoms with Crippen LogP contribution >= 0.6 is 0 Å². The fraction of sp³-hybridized carbons (Fsp3) is 0.143. The van der Waals surface area contributed by atoms with Gasteiger partial charge >= 0.3 is 6.36 Å². The van der Waals surface area contributed by atoms with Crippen molar-refractivity contribution in [2.45, 2.75) is 6.36 Å². The first kappa shape index (κ1) is 10.1. The number of aromatic nitrogens is 1. The molecule has 1 heterocycles. The molecule has 0 fully saturated rings. The molecule has 0 aromatic carbocycles. The van der Waals surface area contributed by atoms with Gasteiger partial charge in [-0.15, -0.1) is 13.2 Å². The van der Waals surface area contributed by atoms with Crippen molar-refractivity contribution < 1.29 is 17.9 Å². The molecule has 7 heteroatoms. The molecule has 0 unspecified atom stereocenters. The predicted molar refractivity (Wildman–Crippen MR) is 40.0 cm³/mol. The van der Waals surface area contributed by atoms with Gasteiger partial charge < -0.3 is 10.5 Å². The maximum atomic E-state index is 11.8. The lowest BCUT2D eigenvalue weighted by atomic mass is 10.3. The summed E-state index contributed by atoms with van der Waals surface area (Å²) in [5.74, 6) is -0.703. The molecule has 0 bridgehead atoms. The quantitative estimate of drug-likeness (QED) is 0.749. The molecular formula is C7H4F3N3O. The first-order chi connectivity index (χ1) is 6.42. The Balaban J connectivity index is 3.05. The van der Waals surface area contributed by atoms with Crippen LogP contribution in [-0.4, -0.2) is 11.3 Å². The standard InChI is InChI=1S/C7H4F3N3O/c8-7(9,10)14-5-1-2-6(12)13-4(5)3-11/h1-2H,(H2,12,13). The Hall–Kier alpha value is -1.97. The maximum Gasteiger partial charge on any atom is 0.573 e. The van der Waals surface area contributed by atoms with Crippen molar-refractivity contribution >= 4 is 5.82 Å². The Morgan fingerprint density at radius 3 is 2.57 bits per heavy atom. The number of hydrogen-bond donors (Lipinski definition) is 1. The van der Waals surface area contributed by atoms with Gasteiger partial charge in [-0.05, 0) is 12.1 Å². The number of pyridine rings is 1. The molecule has 0 saturated heterocycles. The Morgan fingerprint density at radius 1 is 1.43 bits per heavy atom. The second kappa shape index (κ2) is 3.41. The zero-order chi connectivity index (χ0) is 10.8. The Bertz CT molecular complexity index is 383. The highest BCUT2D eigenvalue weighted by Gasteiger charge is 2.32. The van der Waals surface area contributed by atoms with Crippen molar-refractivity contribution in [3.05, 3.63) is 17.8 Å². The van der Waals surface area contributed by atoms with Crippen molar-refractivity contribution in [2.75, 3.05) is 5.73 Å². The first-order valence-corrected chi connectivity index (χ1v) is 3.35. The minimum atomic E-state index is -4.84. The number of hydrogen-bond acceptors (Lipinski definition) is 4. The lowest BCUT2D eigenvalue weighted by Gasteiger charge is -2.09. The SMILES string of the molecule is N#Cc1nc(N)ccc1OC(F)(F)F. The van der Waals surface area contributed by atoms with Gasteiger partial charge in [0.05, 0.1) is 0 Å². The molecule has 1 aromatic rings. The van der Waals surface area contributed by atoms with Gasteiger partial charge in [0.1, 0.15) is 11.9 Å². The van der Waals surface area contributed by atoms with Crippen LogP contribution in [0.1, 0.15) is 5.69 Å². The van der Waals surface area contributed by atoms with E-state index in [4.69, 9.17) is 11.0 Å². The summed E-state index contributed by atoms with van der Waals surface area (Å²) in [4.78, 5) is 3.37. The van der Waals surface area contributed by atoms with E-state index in [-0.39, 0.29) is 5.82 Å². The highest BCUT2D eigenvalue weighted by Crippen LogP contribution is 2.25. The number of nitrogens with zero attached hydrogens (tertiary/aromatic N) is 2. The van der Waals surface area contributed by atoms with Crippen LogP contribution in [0.3, 0.4) is 0 Å². The van der Waals surface area contributed by atoms with E-state index in [1.807, 2.05) is 0 Å². The zero-order valence-corrected chi connectivity index (χ0v) is 6.67. The topological polar surface area (TPSA) is 71.9 Å². The van der Waals surface area contributed by atoms with E-state index in [9.17, 15) is 13.2 Å². The second-order valence-corrected chi connectivity index (χ2v) is 2.24. The van der Waals surface area contributed by atoms with E-state index in [0.29, 0.717) is 0 Å². The number of anilines is 1. The number of alkyl halides is 3. The van der Waals surface area contributed by atoms with Gasteiger partial charge in [0, 0.05) is 0 Å². The zero-order valence-electron chi connectivity index (χ0n) is 6.67. The molecule has 1 rings (SSSR count). The van der Waals surface area contributed by atoms with Gasteiger partial charge in [-0.1, -0.05) is 0 Å². The van der Waals surface area contributed by atoms with Crippen molar-refractivity contribution in [3.8, 4) is 11.8 Å². The van der Waals surface area contributed by atoms with Crippen LogP contribution in [0.4, 0.5) is 19.0 Å². The second-order valence-electron chi connectivity index (χ2n) is 2.24. The molecule has 14 heavy (non-hydrogen) atoms. The van der Waals surface area contributed by atoms with Gasteiger partial charge in [-0.3, -0.25) is 0 Å². The summed E-state index contributed by atoms with van der Waals surface area (Å²) in [6.45, 7) is 0. The van der Waals surface area contributed by atoms with Crippen LogP contribution in [0.5, 0.6) is 5.75 Å². The summed E-state index contributed by atoms with van der Waals surface area (Å²) < 4.78 is 38.8. The van der Waals surface area contributed by atoms with Gasteiger partial charge in [-0.2, -0.15) is 5.26 Å². The van der Waals surface area contributed by atoms with Crippen molar-refractivity contribution in [2.24, 2.45) is 0 Å². The highest BCUT2D eigenvalue weighted by molar-refractivity contribution is 5.43. The summed E-state index contributed by atoms with van der Waals surface area (Å²) in [5.41, 5.74) is 4.67. The molecule has 2 N–H and O–H groups in total. The normalized spacial score (nSPS) is 10.7. The van der Waals surface area contributed by atoms with Crippen LogP contribution in [0, 0.1) is 11.3 Å². The van der Waals surface area contributed by atoms with Gasteiger partial charge in [0.25, 0.3) is 0 Å². The number of nitrogen functional groups attached to an aromatic ring is 1. The Morgan fingerprint density at radius 2 is 2.07 bits per heavy atom. The molecule has 74 valence electrons. The number of halogens is 3. The number of nitriles is 1. The minimum Gasteiger partial charge on any atom is -0.403 e. The molecule has 0 radical (unpaired) electrons. The van der Waals surface area contributed by atoms with E-state index < -0.39 is 17.8 Å². The summed E-state index contributed by atoms with van der Waals surface area (Å²) in [6, 6.07) is 3.49. The molecule has 0 spiro atoms. The molecule has 0 saturated carbocycles. The van der Waals surface area contributed by atoms with Gasteiger partial charge in [0.15, 0.2) is 11.4 Å². The number of nitrogens with two attached hydrogens (primary N) is 1. The van der Waals surface area contributed by atoms with Crippen molar-refractivity contribution in [1.29, 1.82) is 5.26 Å². The first-order valence-electron chi connectivity index (χ1n) is 3.35. The number of rotatable bonds is 1. The average molecular weight is 203 g/mol. The van der Waals surface area contributed by atoms with Gasteiger partial charge in [0.2, 0.25) is 0 Å². The van der Waals surface area contributed by atoms with E-state index in [0.717, 1.165) is 12.1 Å². The molecule has 1 aromatic heterocycles. The van der Waals surface area contributed by atoms with E-state index >= 15 is 0 Å². The van der Waals surface area contributed by atoms with Crippen LogP contribution in [-0.2, 0) is 0 Å². The van der Waals surface area contributed by atoms with E-state index in [1.165, 1.54) is 6.07 Å². The fourth-order valence-corrected chi connectivity index (χ4v) is 0.749. The van der Waals surface area contributed by atoms with Crippen LogP contribution in [0.15, 0.2) is 12.1 Å². The monoisotopic (exact) mass is 203 g/mol. The molecular weight excluding hydrogens is 199 g/mol. The third-order valence-electron chi connectivity index (χ3n) is 1.21. The third-order valence-corrected chi connectivity index (χ3v) is 1.21. The fourth-order valence-electron chi connectivity index (χ4n) is 0.749. The van der Waals surface area contributed by atoms with Crippen LogP contribution in [0.25, 0.3) is 0 Å². The lowest BCUT2D eigenvalue weighted by molar-refractivity contribution is -0.274. The van der Waals surface area contributed by atoms with Crippen molar-refractivity contribution in [3.63, 3.8) is 0 Å². The lowest BCUT2D eigenvalue weighted by Crippen LogP contribution is -2.18. The Kier molecular flexibility index (Phi) is 2.47. The smallest absolute Gasteiger partial charge is 0.403 e. The van der Waals surface area contributed by atoms with Crippen LogP contribution in [0.2, 0.25) is 0 Å². The van der Waals surface area contributed by atoms with Crippen molar-refractivity contribution in [1.82, 2.24) is 4.98 Å². The molecule has 0 aliphatic heterocycles. The maximum absolute atomic E-state index is 11.8. The third kappa shape index (κ3) is 2.52. The summed E-state index contributed by atoms with van der Waals surface area (Å²) in [7, 11) is 0. The average Bonchev–Trinajstić information content (AvgIpc) is 2.06. The molecule has 0 atom stereocenters. The van der Waals surface area contributed by atoms with E-state index in [2.05, 4.69) is 9.72 Å². The van der Waals surface area contributed by atoms with Crippen LogP contribution < -0.4 is 10.5 Å². The van der Waals surface area contributed by atoms with Gasteiger partial charge in [-0.25, -0.2) is 4.98 Å². The molecule has 0 amide bonds. The Labute approximate surface area is 76.7 Å². The molecule has 0 aliphatic rings. The minimum absolute atomic E-state index is 0.0453. The number of ether oxygens (including phenoxy) is 1. The predicted octanol–water partition coefficient (Wildman–Crippen LogP) is 1.43. The summed E-state index contributed by atoms with van der Waals surface area (Å²) >= 11 is 0. The summed E-state index contributed by atoms with van der Waals surface area (Å²) in [5, 5.41) is 8.42. The van der Waals surface area contributed by atoms with E-state index in [1.54, 1.807) is 0 Å². The summed E-state index contributed by atoms with van der Waals surface area (Å²) in [6.07, 6.45) is -4.84.